The van der Waals surface area contributed by atoms with Crippen LogP contribution in [-0.2, 0) is 0 Å². The van der Waals surface area contributed by atoms with E-state index in [1.807, 2.05) is 39.0 Å². The molecular formula is C19H19ClN2O4. The number of non-ortho nitro benzene ring substituents is 1. The van der Waals surface area contributed by atoms with Gasteiger partial charge in [-0.25, -0.2) is 0 Å². The first-order chi connectivity index (χ1) is 12.2. The Bertz CT molecular complexity index is 895. The van der Waals surface area contributed by atoms with Gasteiger partial charge in [0.05, 0.1) is 21.6 Å². The number of rotatable bonds is 3. The second-order valence-corrected chi connectivity index (χ2v) is 7.46. The Balaban J connectivity index is 1.89. The van der Waals surface area contributed by atoms with Crippen molar-refractivity contribution >= 4 is 23.2 Å². The third-order valence-electron chi connectivity index (χ3n) is 4.34. The number of amides is 1. The summed E-state index contributed by atoms with van der Waals surface area (Å²) in [6, 6.07) is 9.45. The topological polar surface area (TPSA) is 81.5 Å². The molecule has 0 saturated carbocycles. The van der Waals surface area contributed by atoms with Gasteiger partial charge in [0, 0.05) is 24.1 Å². The van der Waals surface area contributed by atoms with Crippen LogP contribution in [0.15, 0.2) is 36.4 Å². The summed E-state index contributed by atoms with van der Waals surface area (Å²) in [5.74, 6) is 0.375. The van der Waals surface area contributed by atoms with Gasteiger partial charge in [-0.05, 0) is 38.5 Å². The zero-order valence-electron chi connectivity index (χ0n) is 14.7. The molecular weight excluding hydrogens is 356 g/mol. The van der Waals surface area contributed by atoms with Gasteiger partial charge in [-0.15, -0.1) is 0 Å². The predicted octanol–water partition coefficient (Wildman–Crippen LogP) is 4.59. The van der Waals surface area contributed by atoms with Crippen LogP contribution in [0.4, 0.5) is 5.69 Å². The van der Waals surface area contributed by atoms with Crippen LogP contribution in [0.25, 0.3) is 0 Å². The molecule has 0 unspecified atom stereocenters. The van der Waals surface area contributed by atoms with Crippen molar-refractivity contribution in [3.8, 4) is 5.75 Å². The number of fused-ring (bicyclic) bond motifs is 1. The summed E-state index contributed by atoms with van der Waals surface area (Å²) in [6.07, 6.45) is 0.597. The van der Waals surface area contributed by atoms with Crippen LogP contribution >= 0.6 is 11.6 Å². The fourth-order valence-corrected chi connectivity index (χ4v) is 3.39. The average molecular weight is 375 g/mol. The first kappa shape index (κ1) is 18.2. The summed E-state index contributed by atoms with van der Waals surface area (Å²) in [4.78, 5) is 23.0. The molecule has 1 amide bonds. The van der Waals surface area contributed by atoms with E-state index in [0.29, 0.717) is 6.42 Å². The maximum absolute atomic E-state index is 12.7. The smallest absolute Gasteiger partial charge is 0.270 e. The highest BCUT2D eigenvalue weighted by Crippen LogP contribution is 2.40. The lowest BCUT2D eigenvalue weighted by atomic mass is 9.89. The molecule has 0 fully saturated rings. The zero-order chi connectivity index (χ0) is 19.1. The summed E-state index contributed by atoms with van der Waals surface area (Å²) < 4.78 is 6.03. The molecule has 1 aliphatic rings. The molecule has 7 heteroatoms. The summed E-state index contributed by atoms with van der Waals surface area (Å²) in [5, 5.41) is 13.9. The third kappa shape index (κ3) is 3.65. The van der Waals surface area contributed by atoms with Crippen molar-refractivity contribution in [3.63, 3.8) is 0 Å². The van der Waals surface area contributed by atoms with Crippen molar-refractivity contribution in [1.29, 1.82) is 0 Å². The van der Waals surface area contributed by atoms with Crippen LogP contribution in [0.5, 0.6) is 5.75 Å². The lowest BCUT2D eigenvalue weighted by molar-refractivity contribution is -0.384. The molecule has 2 aromatic carbocycles. The fourth-order valence-electron chi connectivity index (χ4n) is 3.13. The molecule has 1 atom stereocenters. The van der Waals surface area contributed by atoms with E-state index in [2.05, 4.69) is 5.32 Å². The monoisotopic (exact) mass is 374 g/mol. The lowest BCUT2D eigenvalue weighted by Gasteiger charge is -2.38. The molecule has 0 bridgehead atoms. The normalized spacial score (nSPS) is 17.8. The number of nitro groups is 1. The predicted molar refractivity (Wildman–Crippen MR) is 98.8 cm³/mol. The maximum atomic E-state index is 12.7. The Labute approximate surface area is 156 Å². The molecule has 0 aromatic heterocycles. The quantitative estimate of drug-likeness (QED) is 0.629. The Morgan fingerprint density at radius 3 is 2.69 bits per heavy atom. The minimum atomic E-state index is -0.548. The van der Waals surface area contributed by atoms with Crippen molar-refractivity contribution in [2.75, 3.05) is 0 Å². The van der Waals surface area contributed by atoms with Crippen LogP contribution in [0.1, 0.15) is 47.8 Å². The van der Waals surface area contributed by atoms with Gasteiger partial charge >= 0.3 is 0 Å². The number of benzene rings is 2. The lowest BCUT2D eigenvalue weighted by Crippen LogP contribution is -2.41. The van der Waals surface area contributed by atoms with E-state index in [9.17, 15) is 14.9 Å². The number of halogens is 1. The molecule has 2 aromatic rings. The highest BCUT2D eigenvalue weighted by molar-refractivity contribution is 6.34. The fraction of sp³-hybridized carbons (Fsp3) is 0.316. The van der Waals surface area contributed by atoms with Crippen LogP contribution < -0.4 is 10.1 Å². The van der Waals surface area contributed by atoms with Crippen molar-refractivity contribution in [2.45, 2.75) is 38.8 Å². The number of carbonyl (C=O) groups is 1. The van der Waals surface area contributed by atoms with Crippen molar-refractivity contribution in [2.24, 2.45) is 0 Å². The number of nitro benzene ring substituents is 1. The van der Waals surface area contributed by atoms with Gasteiger partial charge in [0.25, 0.3) is 11.6 Å². The summed E-state index contributed by atoms with van der Waals surface area (Å²) >= 11 is 6.07. The van der Waals surface area contributed by atoms with E-state index in [4.69, 9.17) is 16.3 Å². The second-order valence-electron chi connectivity index (χ2n) is 7.05. The van der Waals surface area contributed by atoms with Gasteiger partial charge in [-0.2, -0.15) is 0 Å². The molecule has 0 aliphatic carbocycles. The molecule has 0 spiro atoms. The summed E-state index contributed by atoms with van der Waals surface area (Å²) in [6.45, 7) is 5.92. The van der Waals surface area contributed by atoms with E-state index in [1.165, 1.54) is 18.2 Å². The van der Waals surface area contributed by atoms with Crippen LogP contribution in [0.2, 0.25) is 5.02 Å². The van der Waals surface area contributed by atoms with E-state index in [1.54, 1.807) is 0 Å². The van der Waals surface area contributed by atoms with Gasteiger partial charge in [0.2, 0.25) is 0 Å². The van der Waals surface area contributed by atoms with Crippen LogP contribution in [-0.4, -0.2) is 16.4 Å². The van der Waals surface area contributed by atoms with E-state index >= 15 is 0 Å². The SMILES string of the molecule is Cc1ccc2c(c1)OC(C)(C)C[C@H]2NC(=O)c1ccc([N+](=O)[O-])cc1Cl. The Morgan fingerprint density at radius 2 is 2.04 bits per heavy atom. The van der Waals surface area contributed by atoms with Gasteiger partial charge in [0.15, 0.2) is 0 Å². The number of ether oxygens (including phenoxy) is 1. The Hall–Kier alpha value is -2.60. The minimum Gasteiger partial charge on any atom is -0.487 e. The maximum Gasteiger partial charge on any atom is 0.270 e. The number of nitrogens with zero attached hydrogens (tertiary/aromatic N) is 1. The van der Waals surface area contributed by atoms with E-state index in [0.717, 1.165) is 16.9 Å². The molecule has 0 radical (unpaired) electrons. The van der Waals surface area contributed by atoms with Crippen molar-refractivity contribution in [3.05, 3.63) is 68.2 Å². The second kappa shape index (κ2) is 6.61. The molecule has 1 aliphatic heterocycles. The summed E-state index contributed by atoms with van der Waals surface area (Å²) in [7, 11) is 0. The zero-order valence-corrected chi connectivity index (χ0v) is 15.5. The van der Waals surface area contributed by atoms with Gasteiger partial charge in [-0.1, -0.05) is 23.7 Å². The average Bonchev–Trinajstić information content (AvgIpc) is 2.52. The standard InChI is InChI=1S/C19H19ClN2O4/c1-11-4-6-14-16(10-19(2,3)26-17(14)8-11)21-18(23)13-7-5-12(22(24)25)9-15(13)20/h4-9,16H,10H2,1-3H3,(H,21,23)/t16-/m1/s1. The van der Waals surface area contributed by atoms with Crippen molar-refractivity contribution < 1.29 is 14.5 Å². The van der Waals surface area contributed by atoms with Crippen molar-refractivity contribution in [1.82, 2.24) is 5.32 Å². The highest BCUT2D eigenvalue weighted by atomic mass is 35.5. The molecule has 1 heterocycles. The number of hydrogen-bond acceptors (Lipinski definition) is 4. The van der Waals surface area contributed by atoms with E-state index < -0.39 is 10.5 Å². The van der Waals surface area contributed by atoms with E-state index in [-0.39, 0.29) is 28.2 Å². The van der Waals surface area contributed by atoms with Gasteiger partial charge in [-0.3, -0.25) is 14.9 Å². The number of hydrogen-bond donors (Lipinski definition) is 1. The third-order valence-corrected chi connectivity index (χ3v) is 4.65. The Kier molecular flexibility index (Phi) is 4.63. The van der Waals surface area contributed by atoms with Crippen LogP contribution in [0, 0.1) is 17.0 Å². The largest absolute Gasteiger partial charge is 0.487 e. The molecule has 1 N–H and O–H groups in total. The minimum absolute atomic E-state index is 0.0483. The highest BCUT2D eigenvalue weighted by Gasteiger charge is 2.35. The van der Waals surface area contributed by atoms with Gasteiger partial charge < -0.3 is 10.1 Å². The molecule has 3 rings (SSSR count). The molecule has 26 heavy (non-hydrogen) atoms. The molecule has 0 saturated heterocycles. The summed E-state index contributed by atoms with van der Waals surface area (Å²) in [5.41, 5.74) is 1.60. The number of aryl methyl sites for hydroxylation is 1. The van der Waals surface area contributed by atoms with Crippen LogP contribution in [0.3, 0.4) is 0 Å². The number of nitrogens with one attached hydrogen (secondary N) is 1. The Morgan fingerprint density at radius 1 is 1.31 bits per heavy atom. The number of carbonyl (C=O) groups excluding carboxylic acids is 1. The first-order valence-electron chi connectivity index (χ1n) is 8.21. The molecule has 6 nitrogen and oxygen atoms in total. The molecule has 136 valence electrons. The van der Waals surface area contributed by atoms with Gasteiger partial charge in [0.1, 0.15) is 11.4 Å². The first-order valence-corrected chi connectivity index (χ1v) is 8.58.